The summed E-state index contributed by atoms with van der Waals surface area (Å²) in [5.41, 5.74) is 8.19. The van der Waals surface area contributed by atoms with Crippen LogP contribution in [0.5, 0.6) is 0 Å². The van der Waals surface area contributed by atoms with Crippen LogP contribution in [0.2, 0.25) is 0 Å². The third-order valence-corrected chi connectivity index (χ3v) is 4.42. The molecule has 1 aliphatic rings. The average Bonchev–Trinajstić information content (AvgIpc) is 3.05. The molecule has 4 heteroatoms. The number of nitrogens with two attached hydrogens (primary N) is 1. The maximum absolute atomic E-state index is 5.87. The molecule has 1 aromatic heterocycles. The number of hydrogen-bond acceptors (Lipinski definition) is 4. The summed E-state index contributed by atoms with van der Waals surface area (Å²) >= 11 is 0. The van der Waals surface area contributed by atoms with Crippen LogP contribution in [0.3, 0.4) is 0 Å². The maximum atomic E-state index is 5.87. The van der Waals surface area contributed by atoms with Gasteiger partial charge in [-0.25, -0.2) is 4.98 Å². The zero-order valence-electron chi connectivity index (χ0n) is 12.8. The van der Waals surface area contributed by atoms with Crippen LogP contribution in [-0.2, 0) is 6.54 Å². The van der Waals surface area contributed by atoms with Gasteiger partial charge < -0.3 is 10.2 Å². The minimum atomic E-state index is 0.250. The number of aromatic nitrogens is 1. The number of benzene rings is 1. The molecular formula is C17H23N3O. The largest absolute Gasteiger partial charge is 0.441 e. The van der Waals surface area contributed by atoms with Crippen molar-refractivity contribution in [3.8, 4) is 11.5 Å². The number of aryl methyl sites for hydroxylation is 1. The predicted molar refractivity (Wildman–Crippen MR) is 83.7 cm³/mol. The molecule has 0 aliphatic carbocycles. The first-order chi connectivity index (χ1) is 10.1. The van der Waals surface area contributed by atoms with Crippen LogP contribution in [0.15, 0.2) is 34.7 Å². The van der Waals surface area contributed by atoms with Crippen LogP contribution < -0.4 is 5.73 Å². The lowest BCUT2D eigenvalue weighted by Crippen LogP contribution is -2.31. The molecule has 2 aromatic rings. The molecule has 0 saturated carbocycles. The Morgan fingerprint density at radius 3 is 2.76 bits per heavy atom. The first-order valence-electron chi connectivity index (χ1n) is 7.54. The van der Waals surface area contributed by atoms with E-state index < -0.39 is 0 Å². The maximum Gasteiger partial charge on any atom is 0.226 e. The monoisotopic (exact) mass is 285 g/mol. The van der Waals surface area contributed by atoms with E-state index in [0.29, 0.717) is 5.89 Å². The van der Waals surface area contributed by atoms with Gasteiger partial charge >= 0.3 is 0 Å². The summed E-state index contributed by atoms with van der Waals surface area (Å²) in [5.74, 6) is 1.62. The Bertz CT molecular complexity index is 608. The molecule has 112 valence electrons. The second kappa shape index (κ2) is 5.62. The van der Waals surface area contributed by atoms with E-state index in [1.807, 2.05) is 37.3 Å². The highest BCUT2D eigenvalue weighted by molar-refractivity contribution is 5.53. The standard InChI is InChI=1S/C17H23N3O/c1-13-15(10-20-9-8-17(2,11-18)12-20)19-16(21-13)14-6-4-3-5-7-14/h3-7H,8-12,18H2,1-2H3. The quantitative estimate of drug-likeness (QED) is 0.938. The Balaban J connectivity index is 1.74. The Morgan fingerprint density at radius 1 is 1.33 bits per heavy atom. The van der Waals surface area contributed by atoms with E-state index in [9.17, 15) is 0 Å². The first kappa shape index (κ1) is 14.3. The lowest BCUT2D eigenvalue weighted by atomic mass is 9.90. The van der Waals surface area contributed by atoms with E-state index in [2.05, 4.69) is 16.8 Å². The van der Waals surface area contributed by atoms with E-state index in [1.54, 1.807) is 0 Å². The molecule has 2 N–H and O–H groups in total. The second-order valence-electron chi connectivity index (χ2n) is 6.36. The van der Waals surface area contributed by atoms with Crippen LogP contribution in [0.1, 0.15) is 24.8 Å². The molecule has 1 saturated heterocycles. The number of rotatable bonds is 4. The SMILES string of the molecule is Cc1oc(-c2ccccc2)nc1CN1CCC(C)(CN)C1. The Morgan fingerprint density at radius 2 is 2.10 bits per heavy atom. The van der Waals surface area contributed by atoms with Gasteiger partial charge in [0, 0.05) is 18.7 Å². The van der Waals surface area contributed by atoms with Gasteiger partial charge in [0.1, 0.15) is 5.76 Å². The van der Waals surface area contributed by atoms with E-state index in [0.717, 1.165) is 49.6 Å². The fraction of sp³-hybridized carbons (Fsp3) is 0.471. The van der Waals surface area contributed by atoms with Crippen molar-refractivity contribution in [2.45, 2.75) is 26.8 Å². The summed E-state index contributed by atoms with van der Waals surface area (Å²) < 4.78 is 5.83. The smallest absolute Gasteiger partial charge is 0.226 e. The minimum Gasteiger partial charge on any atom is -0.441 e. The molecule has 4 nitrogen and oxygen atoms in total. The Labute approximate surface area is 126 Å². The van der Waals surface area contributed by atoms with Gasteiger partial charge in [0.25, 0.3) is 0 Å². The van der Waals surface area contributed by atoms with Crippen LogP contribution in [0.4, 0.5) is 0 Å². The van der Waals surface area contributed by atoms with Crippen molar-refractivity contribution in [3.63, 3.8) is 0 Å². The molecule has 0 radical (unpaired) electrons. The van der Waals surface area contributed by atoms with Crippen molar-refractivity contribution in [2.75, 3.05) is 19.6 Å². The summed E-state index contributed by atoms with van der Waals surface area (Å²) in [5, 5.41) is 0. The number of nitrogens with zero attached hydrogens (tertiary/aromatic N) is 2. The molecule has 1 fully saturated rings. The summed E-state index contributed by atoms with van der Waals surface area (Å²) in [7, 11) is 0. The lowest BCUT2D eigenvalue weighted by Gasteiger charge is -2.22. The highest BCUT2D eigenvalue weighted by Gasteiger charge is 2.32. The van der Waals surface area contributed by atoms with Gasteiger partial charge in [-0.05, 0) is 44.0 Å². The van der Waals surface area contributed by atoms with Crippen LogP contribution in [-0.4, -0.2) is 29.5 Å². The number of likely N-dealkylation sites (tertiary alicyclic amines) is 1. The van der Waals surface area contributed by atoms with Gasteiger partial charge in [-0.15, -0.1) is 0 Å². The van der Waals surface area contributed by atoms with Gasteiger partial charge in [0.15, 0.2) is 0 Å². The molecule has 21 heavy (non-hydrogen) atoms. The molecule has 2 heterocycles. The predicted octanol–water partition coefficient (Wildman–Crippen LogP) is 2.82. The van der Waals surface area contributed by atoms with E-state index >= 15 is 0 Å². The van der Waals surface area contributed by atoms with Gasteiger partial charge in [-0.1, -0.05) is 25.1 Å². The zero-order valence-corrected chi connectivity index (χ0v) is 12.8. The Kier molecular flexibility index (Phi) is 3.83. The van der Waals surface area contributed by atoms with Crippen molar-refractivity contribution in [3.05, 3.63) is 41.8 Å². The Hall–Kier alpha value is -1.65. The molecule has 1 unspecified atom stereocenters. The first-order valence-corrected chi connectivity index (χ1v) is 7.54. The molecule has 3 rings (SSSR count). The normalized spacial score (nSPS) is 22.8. The summed E-state index contributed by atoms with van der Waals surface area (Å²) in [6, 6.07) is 10.0. The lowest BCUT2D eigenvalue weighted by molar-refractivity contribution is 0.271. The fourth-order valence-electron chi connectivity index (χ4n) is 2.92. The van der Waals surface area contributed by atoms with Crippen LogP contribution in [0.25, 0.3) is 11.5 Å². The van der Waals surface area contributed by atoms with Crippen molar-refractivity contribution in [2.24, 2.45) is 11.1 Å². The number of oxazole rings is 1. The molecule has 0 amide bonds. The van der Waals surface area contributed by atoms with Gasteiger partial charge in [-0.3, -0.25) is 4.90 Å². The molecule has 1 atom stereocenters. The molecule has 1 aliphatic heterocycles. The van der Waals surface area contributed by atoms with Crippen molar-refractivity contribution in [1.82, 2.24) is 9.88 Å². The zero-order chi connectivity index (χ0) is 14.9. The highest BCUT2D eigenvalue weighted by Crippen LogP contribution is 2.30. The summed E-state index contributed by atoms with van der Waals surface area (Å²) in [6.45, 7) is 7.97. The molecular weight excluding hydrogens is 262 g/mol. The van der Waals surface area contributed by atoms with Crippen LogP contribution in [0, 0.1) is 12.3 Å². The van der Waals surface area contributed by atoms with E-state index in [-0.39, 0.29) is 5.41 Å². The van der Waals surface area contributed by atoms with Crippen LogP contribution >= 0.6 is 0 Å². The molecule has 0 bridgehead atoms. The van der Waals surface area contributed by atoms with Crippen molar-refractivity contribution >= 4 is 0 Å². The minimum absolute atomic E-state index is 0.250. The molecule has 0 spiro atoms. The fourth-order valence-corrected chi connectivity index (χ4v) is 2.92. The van der Waals surface area contributed by atoms with E-state index in [1.165, 1.54) is 0 Å². The summed E-state index contributed by atoms with van der Waals surface area (Å²) in [6.07, 6.45) is 1.16. The average molecular weight is 285 g/mol. The van der Waals surface area contributed by atoms with E-state index in [4.69, 9.17) is 10.2 Å². The topological polar surface area (TPSA) is 55.3 Å². The number of hydrogen-bond donors (Lipinski definition) is 1. The summed E-state index contributed by atoms with van der Waals surface area (Å²) in [4.78, 5) is 7.10. The van der Waals surface area contributed by atoms with Gasteiger partial charge in [-0.2, -0.15) is 0 Å². The third-order valence-electron chi connectivity index (χ3n) is 4.42. The molecule has 1 aromatic carbocycles. The van der Waals surface area contributed by atoms with Crippen molar-refractivity contribution < 1.29 is 4.42 Å². The van der Waals surface area contributed by atoms with Gasteiger partial charge in [0.2, 0.25) is 5.89 Å². The second-order valence-corrected chi connectivity index (χ2v) is 6.36. The highest BCUT2D eigenvalue weighted by atomic mass is 16.4. The third kappa shape index (κ3) is 3.01. The van der Waals surface area contributed by atoms with Gasteiger partial charge in [0.05, 0.1) is 5.69 Å². The van der Waals surface area contributed by atoms with Crippen molar-refractivity contribution in [1.29, 1.82) is 0 Å².